The van der Waals surface area contributed by atoms with Crippen molar-refractivity contribution in [1.29, 1.82) is 0 Å². The van der Waals surface area contributed by atoms with E-state index in [-0.39, 0.29) is 6.54 Å². The second-order valence-corrected chi connectivity index (χ2v) is 4.81. The highest BCUT2D eigenvalue weighted by molar-refractivity contribution is 5.24. The molecule has 22 heavy (non-hydrogen) atoms. The van der Waals surface area contributed by atoms with Crippen LogP contribution in [0, 0.1) is 11.6 Å². The van der Waals surface area contributed by atoms with Gasteiger partial charge in [-0.3, -0.25) is 0 Å². The molecule has 0 saturated carbocycles. The van der Waals surface area contributed by atoms with Crippen LogP contribution in [0.4, 0.5) is 8.78 Å². The molecular formula is C16H14F2N4. The Morgan fingerprint density at radius 3 is 2.73 bits per heavy atom. The maximum Gasteiger partial charge on any atom is 0.153 e. The molecule has 0 aliphatic carbocycles. The first-order valence-electron chi connectivity index (χ1n) is 6.82. The van der Waals surface area contributed by atoms with Gasteiger partial charge in [-0.15, -0.1) is 0 Å². The van der Waals surface area contributed by atoms with Crippen LogP contribution >= 0.6 is 0 Å². The summed E-state index contributed by atoms with van der Waals surface area (Å²) < 4.78 is 28.2. The summed E-state index contributed by atoms with van der Waals surface area (Å²) in [5.41, 5.74) is 1.26. The Morgan fingerprint density at radius 2 is 2.00 bits per heavy atom. The van der Waals surface area contributed by atoms with Crippen LogP contribution in [0.25, 0.3) is 5.82 Å². The molecule has 2 aromatic heterocycles. The third-order valence-corrected chi connectivity index (χ3v) is 3.20. The number of halogens is 2. The van der Waals surface area contributed by atoms with Gasteiger partial charge in [-0.2, -0.15) is 5.10 Å². The van der Waals surface area contributed by atoms with Gasteiger partial charge in [0.1, 0.15) is 11.6 Å². The molecule has 0 aliphatic heterocycles. The van der Waals surface area contributed by atoms with Crippen LogP contribution in [0.2, 0.25) is 0 Å². The molecule has 4 nitrogen and oxygen atoms in total. The first kappa shape index (κ1) is 14.3. The van der Waals surface area contributed by atoms with Gasteiger partial charge in [-0.05, 0) is 35.9 Å². The fraction of sp³-hybridized carbons (Fsp3) is 0.125. The third kappa shape index (κ3) is 3.35. The van der Waals surface area contributed by atoms with Gasteiger partial charge in [0.25, 0.3) is 0 Å². The van der Waals surface area contributed by atoms with E-state index >= 15 is 0 Å². The van der Waals surface area contributed by atoms with Gasteiger partial charge in [-0.25, -0.2) is 18.4 Å². The lowest BCUT2D eigenvalue weighted by Crippen LogP contribution is -2.14. The lowest BCUT2D eigenvalue weighted by molar-refractivity contribution is 0.568. The van der Waals surface area contributed by atoms with E-state index in [0.717, 1.165) is 23.5 Å². The van der Waals surface area contributed by atoms with Crippen LogP contribution in [0.3, 0.4) is 0 Å². The second kappa shape index (κ2) is 6.44. The minimum Gasteiger partial charge on any atom is -0.308 e. The molecule has 0 unspecified atom stereocenters. The number of pyridine rings is 1. The van der Waals surface area contributed by atoms with Crippen molar-refractivity contribution in [1.82, 2.24) is 20.1 Å². The van der Waals surface area contributed by atoms with E-state index in [1.165, 1.54) is 6.07 Å². The van der Waals surface area contributed by atoms with Crippen LogP contribution in [0.1, 0.15) is 11.1 Å². The van der Waals surface area contributed by atoms with E-state index in [1.807, 2.05) is 24.4 Å². The summed E-state index contributed by atoms with van der Waals surface area (Å²) in [6.07, 6.45) is 5.23. The van der Waals surface area contributed by atoms with Crippen LogP contribution < -0.4 is 5.32 Å². The molecule has 6 heteroatoms. The van der Waals surface area contributed by atoms with Crippen LogP contribution in [-0.2, 0) is 13.1 Å². The maximum atomic E-state index is 13.5. The van der Waals surface area contributed by atoms with Gasteiger partial charge in [0, 0.05) is 37.2 Å². The first-order valence-corrected chi connectivity index (χ1v) is 6.82. The van der Waals surface area contributed by atoms with Crippen molar-refractivity contribution in [2.75, 3.05) is 0 Å². The van der Waals surface area contributed by atoms with E-state index in [9.17, 15) is 8.78 Å². The normalized spacial score (nSPS) is 10.8. The molecule has 0 fully saturated rings. The molecule has 3 rings (SSSR count). The molecule has 0 radical (unpaired) electrons. The van der Waals surface area contributed by atoms with Crippen molar-refractivity contribution in [3.8, 4) is 5.82 Å². The summed E-state index contributed by atoms with van der Waals surface area (Å²) in [7, 11) is 0. The molecule has 0 amide bonds. The van der Waals surface area contributed by atoms with E-state index in [4.69, 9.17) is 0 Å². The van der Waals surface area contributed by atoms with Gasteiger partial charge in [0.2, 0.25) is 0 Å². The zero-order valence-corrected chi connectivity index (χ0v) is 11.7. The fourth-order valence-corrected chi connectivity index (χ4v) is 2.08. The average molecular weight is 300 g/mol. The van der Waals surface area contributed by atoms with Crippen molar-refractivity contribution in [2.24, 2.45) is 0 Å². The van der Waals surface area contributed by atoms with E-state index in [0.29, 0.717) is 12.1 Å². The van der Waals surface area contributed by atoms with Crippen molar-refractivity contribution in [3.63, 3.8) is 0 Å². The van der Waals surface area contributed by atoms with Gasteiger partial charge in [-0.1, -0.05) is 6.07 Å². The van der Waals surface area contributed by atoms with Crippen LogP contribution in [-0.4, -0.2) is 14.8 Å². The fourth-order valence-electron chi connectivity index (χ4n) is 2.08. The van der Waals surface area contributed by atoms with Gasteiger partial charge in [0.05, 0.1) is 0 Å². The zero-order chi connectivity index (χ0) is 15.4. The van der Waals surface area contributed by atoms with Gasteiger partial charge < -0.3 is 5.32 Å². The van der Waals surface area contributed by atoms with Crippen LogP contribution in [0.5, 0.6) is 0 Å². The third-order valence-electron chi connectivity index (χ3n) is 3.20. The number of nitrogens with one attached hydrogen (secondary N) is 1. The number of rotatable bonds is 5. The average Bonchev–Trinajstić information content (AvgIpc) is 3.06. The van der Waals surface area contributed by atoms with E-state index in [1.54, 1.807) is 17.1 Å². The van der Waals surface area contributed by atoms with E-state index in [2.05, 4.69) is 15.4 Å². The Balaban J connectivity index is 1.59. The predicted molar refractivity (Wildman–Crippen MR) is 78.3 cm³/mol. The predicted octanol–water partition coefficient (Wildman–Crippen LogP) is 2.84. The summed E-state index contributed by atoms with van der Waals surface area (Å²) in [5.74, 6) is -0.130. The highest BCUT2D eigenvalue weighted by Gasteiger charge is 2.04. The molecular weight excluding hydrogens is 286 g/mol. The summed E-state index contributed by atoms with van der Waals surface area (Å²) in [6, 6.07) is 9.03. The SMILES string of the molecule is Fc1ccc(F)c(CNCc2ccc(-n3cccn3)nc2)c1. The maximum absolute atomic E-state index is 13.5. The van der Waals surface area contributed by atoms with Crippen molar-refractivity contribution in [2.45, 2.75) is 13.1 Å². The molecule has 112 valence electrons. The number of nitrogens with zero attached hydrogens (tertiary/aromatic N) is 3. The smallest absolute Gasteiger partial charge is 0.153 e. The van der Waals surface area contributed by atoms with E-state index < -0.39 is 11.6 Å². The molecule has 0 spiro atoms. The lowest BCUT2D eigenvalue weighted by atomic mass is 10.2. The monoisotopic (exact) mass is 300 g/mol. The molecule has 1 aromatic carbocycles. The first-order chi connectivity index (χ1) is 10.7. The quantitative estimate of drug-likeness (QED) is 0.788. The molecule has 3 aromatic rings. The number of hydrogen-bond acceptors (Lipinski definition) is 3. The van der Waals surface area contributed by atoms with Gasteiger partial charge in [0.15, 0.2) is 5.82 Å². The van der Waals surface area contributed by atoms with Gasteiger partial charge >= 0.3 is 0 Å². The Labute approximate surface area is 126 Å². The minimum atomic E-state index is -0.441. The summed E-state index contributed by atoms with van der Waals surface area (Å²) in [5, 5.41) is 7.17. The topological polar surface area (TPSA) is 42.7 Å². The van der Waals surface area contributed by atoms with Crippen molar-refractivity contribution < 1.29 is 8.78 Å². The second-order valence-electron chi connectivity index (χ2n) is 4.81. The summed E-state index contributed by atoms with van der Waals surface area (Å²) in [4.78, 5) is 4.30. The molecule has 0 aliphatic rings. The summed E-state index contributed by atoms with van der Waals surface area (Å²) >= 11 is 0. The number of benzene rings is 1. The summed E-state index contributed by atoms with van der Waals surface area (Å²) in [6.45, 7) is 0.771. The zero-order valence-electron chi connectivity index (χ0n) is 11.7. The molecule has 1 N–H and O–H groups in total. The largest absolute Gasteiger partial charge is 0.308 e. The number of hydrogen-bond donors (Lipinski definition) is 1. The van der Waals surface area contributed by atoms with Crippen LogP contribution in [0.15, 0.2) is 55.0 Å². The Bertz CT molecular complexity index is 739. The molecule has 0 bridgehead atoms. The number of aromatic nitrogens is 3. The highest BCUT2D eigenvalue weighted by Crippen LogP contribution is 2.10. The molecule has 2 heterocycles. The highest BCUT2D eigenvalue weighted by atomic mass is 19.1. The molecule has 0 saturated heterocycles. The standard InChI is InChI=1S/C16H14F2N4/c17-14-3-4-15(18)13(8-14)11-19-9-12-2-5-16(20-10-12)22-7-1-6-21-22/h1-8,10,19H,9,11H2. The van der Waals surface area contributed by atoms with Crippen molar-refractivity contribution >= 4 is 0 Å². The molecule has 0 atom stereocenters. The Kier molecular flexibility index (Phi) is 4.20. The Morgan fingerprint density at radius 1 is 1.09 bits per heavy atom. The minimum absolute atomic E-state index is 0.254. The van der Waals surface area contributed by atoms with Crippen molar-refractivity contribution in [3.05, 3.63) is 77.8 Å². The Hall–Kier alpha value is -2.60. The lowest BCUT2D eigenvalue weighted by Gasteiger charge is -2.07.